The Bertz CT molecular complexity index is 610. The van der Waals surface area contributed by atoms with Crippen LogP contribution in [0.4, 0.5) is 22.7 Å². The average Bonchev–Trinajstić information content (AvgIpc) is 2.29. The predicted molar refractivity (Wildman–Crippen MR) is 55.2 cm³/mol. The molecule has 1 aliphatic rings. The van der Waals surface area contributed by atoms with Gasteiger partial charge in [-0.05, 0) is 0 Å². The SMILES string of the molecule is O=C1[N]c2c(cc([N+](=O)[O-])cc2[N+](=O)[O-])NC1=O. The van der Waals surface area contributed by atoms with Gasteiger partial charge in [-0.2, -0.15) is 5.32 Å². The molecule has 0 saturated heterocycles. The summed E-state index contributed by atoms with van der Waals surface area (Å²) >= 11 is 0. The molecule has 0 fully saturated rings. The van der Waals surface area contributed by atoms with E-state index in [2.05, 4.69) is 5.32 Å². The van der Waals surface area contributed by atoms with Crippen molar-refractivity contribution < 1.29 is 19.4 Å². The van der Waals surface area contributed by atoms with Crippen molar-refractivity contribution in [2.24, 2.45) is 0 Å². The second kappa shape index (κ2) is 3.76. The van der Waals surface area contributed by atoms with Gasteiger partial charge in [-0.25, -0.2) is 0 Å². The van der Waals surface area contributed by atoms with Crippen LogP contribution in [0.2, 0.25) is 0 Å². The van der Waals surface area contributed by atoms with Crippen molar-refractivity contribution in [1.82, 2.24) is 5.32 Å². The van der Waals surface area contributed by atoms with Crippen molar-refractivity contribution in [2.75, 3.05) is 5.32 Å². The number of hydrogen-bond acceptors (Lipinski definition) is 6. The van der Waals surface area contributed by atoms with Crippen LogP contribution in [0.1, 0.15) is 0 Å². The number of carbonyl (C=O) groups is 2. The number of fused-ring (bicyclic) bond motifs is 1. The minimum atomic E-state index is -1.19. The Labute approximate surface area is 97.9 Å². The lowest BCUT2D eigenvalue weighted by molar-refractivity contribution is -0.393. The number of hydrogen-bond donors (Lipinski definition) is 1. The summed E-state index contributed by atoms with van der Waals surface area (Å²) in [6, 6.07) is 1.57. The Morgan fingerprint density at radius 3 is 2.33 bits per heavy atom. The molecule has 0 bridgehead atoms. The van der Waals surface area contributed by atoms with E-state index in [4.69, 9.17) is 0 Å². The fourth-order valence-corrected chi connectivity index (χ4v) is 1.39. The zero-order chi connectivity index (χ0) is 13.4. The molecule has 1 heterocycles. The Morgan fingerprint density at radius 2 is 1.78 bits per heavy atom. The lowest BCUT2D eigenvalue weighted by Crippen LogP contribution is -2.33. The second-order valence-electron chi connectivity index (χ2n) is 3.25. The number of amides is 2. The molecule has 0 spiro atoms. The number of nitro benzene ring substituents is 2. The minimum absolute atomic E-state index is 0.236. The highest BCUT2D eigenvalue weighted by Gasteiger charge is 2.33. The highest BCUT2D eigenvalue weighted by atomic mass is 16.6. The lowest BCUT2D eigenvalue weighted by Gasteiger charge is -2.14. The minimum Gasteiger partial charge on any atom is -0.315 e. The summed E-state index contributed by atoms with van der Waals surface area (Å²) < 4.78 is 0. The summed E-state index contributed by atoms with van der Waals surface area (Å²) in [6.07, 6.45) is 0. The molecule has 91 valence electrons. The van der Waals surface area contributed by atoms with Crippen molar-refractivity contribution in [2.45, 2.75) is 0 Å². The van der Waals surface area contributed by atoms with Gasteiger partial charge in [0.15, 0.2) is 5.69 Å². The molecule has 0 aliphatic carbocycles. The van der Waals surface area contributed by atoms with Gasteiger partial charge in [0.1, 0.15) is 0 Å². The van der Waals surface area contributed by atoms with Crippen molar-refractivity contribution >= 4 is 34.6 Å². The number of benzene rings is 1. The third kappa shape index (κ3) is 1.71. The highest BCUT2D eigenvalue weighted by molar-refractivity contribution is 6.42. The molecule has 0 aromatic heterocycles. The molecule has 2 amide bonds. The summed E-state index contributed by atoms with van der Waals surface area (Å²) in [5, 5.41) is 26.6. The maximum atomic E-state index is 11.0. The number of anilines is 1. The topological polar surface area (TPSA) is 147 Å². The van der Waals surface area contributed by atoms with Crippen LogP contribution < -0.4 is 10.6 Å². The van der Waals surface area contributed by atoms with E-state index >= 15 is 0 Å². The molecule has 1 aromatic rings. The number of carbonyl (C=O) groups excluding carboxylic acids is 2. The third-order valence-corrected chi connectivity index (χ3v) is 2.14. The zero-order valence-corrected chi connectivity index (χ0v) is 8.45. The van der Waals surface area contributed by atoms with E-state index in [1.54, 1.807) is 0 Å². The van der Waals surface area contributed by atoms with Crippen molar-refractivity contribution in [3.8, 4) is 0 Å². The first-order chi connectivity index (χ1) is 8.40. The summed E-state index contributed by atoms with van der Waals surface area (Å²) in [6.45, 7) is 0. The van der Waals surface area contributed by atoms with E-state index in [-0.39, 0.29) is 5.69 Å². The molecule has 10 nitrogen and oxygen atoms in total. The van der Waals surface area contributed by atoms with Crippen LogP contribution in [-0.2, 0) is 9.59 Å². The number of non-ortho nitro benzene ring substituents is 1. The van der Waals surface area contributed by atoms with Crippen LogP contribution >= 0.6 is 0 Å². The molecule has 10 heteroatoms. The fourth-order valence-electron chi connectivity index (χ4n) is 1.39. The van der Waals surface area contributed by atoms with E-state index in [0.29, 0.717) is 6.07 Å². The zero-order valence-electron chi connectivity index (χ0n) is 8.45. The molecule has 1 radical (unpaired) electrons. The first-order valence-corrected chi connectivity index (χ1v) is 4.44. The molecule has 0 unspecified atom stereocenters. The maximum absolute atomic E-state index is 11.0. The van der Waals surface area contributed by atoms with Crippen LogP contribution in [0.5, 0.6) is 0 Å². The molecule has 18 heavy (non-hydrogen) atoms. The van der Waals surface area contributed by atoms with E-state index in [1.165, 1.54) is 0 Å². The summed E-state index contributed by atoms with van der Waals surface area (Å²) in [7, 11) is 0. The third-order valence-electron chi connectivity index (χ3n) is 2.14. The predicted octanol–water partition coefficient (Wildman–Crippen LogP) is 0.218. The first-order valence-electron chi connectivity index (χ1n) is 4.44. The Kier molecular flexibility index (Phi) is 2.39. The van der Waals surface area contributed by atoms with Crippen molar-refractivity contribution in [3.05, 3.63) is 32.4 Å². The number of rotatable bonds is 2. The number of nitrogens with one attached hydrogen (secondary N) is 1. The van der Waals surface area contributed by atoms with Crippen LogP contribution in [0, 0.1) is 20.2 Å². The van der Waals surface area contributed by atoms with E-state index in [1.807, 2.05) is 5.32 Å². The fraction of sp³-hybridized carbons (Fsp3) is 0. The molecule has 1 aromatic carbocycles. The van der Waals surface area contributed by atoms with E-state index < -0.39 is 38.7 Å². The summed E-state index contributed by atoms with van der Waals surface area (Å²) in [5.74, 6) is -2.29. The van der Waals surface area contributed by atoms with Crippen molar-refractivity contribution in [3.63, 3.8) is 0 Å². The standard InChI is InChI=1S/C8H3N4O6/c13-7-8(14)10-6-4(9-7)1-3(11(15)16)2-5(6)12(17)18/h1-2H,(H,9,13). The maximum Gasteiger partial charge on any atom is 0.336 e. The number of nitro groups is 2. The van der Waals surface area contributed by atoms with E-state index in [9.17, 15) is 29.8 Å². The van der Waals surface area contributed by atoms with Gasteiger partial charge in [0, 0.05) is 6.07 Å². The van der Waals surface area contributed by atoms with Crippen LogP contribution in [-0.4, -0.2) is 21.7 Å². The van der Waals surface area contributed by atoms with Gasteiger partial charge in [-0.1, -0.05) is 0 Å². The summed E-state index contributed by atoms with van der Waals surface area (Å²) in [4.78, 5) is 41.6. The normalized spacial score (nSPS) is 13.3. The van der Waals surface area contributed by atoms with Crippen molar-refractivity contribution in [1.29, 1.82) is 0 Å². The molecule has 0 atom stereocenters. The van der Waals surface area contributed by atoms with Crippen LogP contribution in [0.25, 0.3) is 0 Å². The smallest absolute Gasteiger partial charge is 0.315 e. The molecule has 1 N–H and O–H groups in total. The number of nitrogens with zero attached hydrogens (tertiary/aromatic N) is 3. The van der Waals surface area contributed by atoms with Gasteiger partial charge in [-0.3, -0.25) is 29.8 Å². The monoisotopic (exact) mass is 251 g/mol. The molecule has 0 saturated carbocycles. The van der Waals surface area contributed by atoms with Gasteiger partial charge in [0.25, 0.3) is 5.69 Å². The van der Waals surface area contributed by atoms with Gasteiger partial charge >= 0.3 is 17.5 Å². The Morgan fingerprint density at radius 1 is 1.11 bits per heavy atom. The average molecular weight is 251 g/mol. The Hall–Kier alpha value is -3.04. The van der Waals surface area contributed by atoms with Crippen LogP contribution in [0.3, 0.4) is 0 Å². The quantitative estimate of drug-likeness (QED) is 0.451. The van der Waals surface area contributed by atoms with Gasteiger partial charge < -0.3 is 5.32 Å². The van der Waals surface area contributed by atoms with E-state index in [0.717, 1.165) is 6.07 Å². The molecule has 2 rings (SSSR count). The summed E-state index contributed by atoms with van der Waals surface area (Å²) in [5.41, 5.74) is -1.92. The van der Waals surface area contributed by atoms with Gasteiger partial charge in [0.05, 0.1) is 21.6 Å². The molecular formula is C8H3N4O6. The molecule has 1 aliphatic heterocycles. The highest BCUT2D eigenvalue weighted by Crippen LogP contribution is 2.38. The van der Waals surface area contributed by atoms with Crippen LogP contribution in [0.15, 0.2) is 12.1 Å². The lowest BCUT2D eigenvalue weighted by atomic mass is 10.1. The molecular weight excluding hydrogens is 248 g/mol. The first kappa shape index (κ1) is 11.4. The second-order valence-corrected chi connectivity index (χ2v) is 3.25. The van der Waals surface area contributed by atoms with Gasteiger partial charge in [0.2, 0.25) is 0 Å². The van der Waals surface area contributed by atoms with Gasteiger partial charge in [-0.15, -0.1) is 0 Å². The largest absolute Gasteiger partial charge is 0.336 e. The Balaban J connectivity index is 2.67.